The van der Waals surface area contributed by atoms with Crippen molar-refractivity contribution >= 4 is 31.9 Å². The lowest BCUT2D eigenvalue weighted by molar-refractivity contribution is 0.412. The van der Waals surface area contributed by atoms with Gasteiger partial charge >= 0.3 is 0 Å². The summed E-state index contributed by atoms with van der Waals surface area (Å²) in [5.41, 5.74) is 1.13. The first-order valence-electron chi connectivity index (χ1n) is 4.57. The SMILES string of the molecule is COc1ccc(Cn2cc(Br)nn2)cc1Br. The lowest BCUT2D eigenvalue weighted by Gasteiger charge is -2.05. The van der Waals surface area contributed by atoms with Gasteiger partial charge in [0.25, 0.3) is 0 Å². The van der Waals surface area contributed by atoms with Crippen molar-refractivity contribution in [3.05, 3.63) is 39.0 Å². The first-order chi connectivity index (χ1) is 7.69. The van der Waals surface area contributed by atoms with Crippen molar-refractivity contribution in [2.75, 3.05) is 7.11 Å². The van der Waals surface area contributed by atoms with E-state index in [9.17, 15) is 0 Å². The Kier molecular flexibility index (Phi) is 3.60. The second-order valence-electron chi connectivity index (χ2n) is 3.21. The smallest absolute Gasteiger partial charge is 0.148 e. The van der Waals surface area contributed by atoms with Gasteiger partial charge in [-0.1, -0.05) is 11.3 Å². The van der Waals surface area contributed by atoms with Gasteiger partial charge in [0.15, 0.2) is 0 Å². The largest absolute Gasteiger partial charge is 0.496 e. The predicted molar refractivity (Wildman–Crippen MR) is 67.5 cm³/mol. The van der Waals surface area contributed by atoms with Crippen LogP contribution in [0.25, 0.3) is 0 Å². The molecule has 1 aromatic carbocycles. The van der Waals surface area contributed by atoms with Gasteiger partial charge in [-0.2, -0.15) is 0 Å². The molecule has 0 saturated heterocycles. The molecule has 1 heterocycles. The number of nitrogens with zero attached hydrogens (tertiary/aromatic N) is 3. The zero-order valence-corrected chi connectivity index (χ0v) is 11.7. The van der Waals surface area contributed by atoms with Crippen LogP contribution in [-0.4, -0.2) is 22.1 Å². The zero-order valence-electron chi connectivity index (χ0n) is 8.52. The topological polar surface area (TPSA) is 39.9 Å². The van der Waals surface area contributed by atoms with E-state index in [-0.39, 0.29) is 0 Å². The third-order valence-corrected chi connectivity index (χ3v) is 3.05. The minimum Gasteiger partial charge on any atom is -0.496 e. The highest BCUT2D eigenvalue weighted by Gasteiger charge is 2.03. The third-order valence-electron chi connectivity index (χ3n) is 2.07. The Bertz CT molecular complexity index is 499. The van der Waals surface area contributed by atoms with Gasteiger partial charge in [-0.3, -0.25) is 0 Å². The summed E-state index contributed by atoms with van der Waals surface area (Å²) in [6, 6.07) is 5.93. The highest BCUT2D eigenvalue weighted by molar-refractivity contribution is 9.10. The Morgan fingerprint density at radius 2 is 2.19 bits per heavy atom. The van der Waals surface area contributed by atoms with Crippen LogP contribution < -0.4 is 4.74 Å². The van der Waals surface area contributed by atoms with Gasteiger partial charge in [-0.15, -0.1) is 5.10 Å². The van der Waals surface area contributed by atoms with Crippen LogP contribution in [0.15, 0.2) is 33.5 Å². The number of ether oxygens (including phenoxy) is 1. The van der Waals surface area contributed by atoms with Crippen molar-refractivity contribution in [1.29, 1.82) is 0 Å². The summed E-state index contributed by atoms with van der Waals surface area (Å²) >= 11 is 6.71. The fraction of sp³-hybridized carbons (Fsp3) is 0.200. The summed E-state index contributed by atoms with van der Waals surface area (Å²) in [5, 5.41) is 7.82. The maximum absolute atomic E-state index is 5.17. The van der Waals surface area contributed by atoms with Crippen LogP contribution >= 0.6 is 31.9 Å². The summed E-state index contributed by atoms with van der Waals surface area (Å²) in [6.45, 7) is 0.682. The first kappa shape index (κ1) is 11.6. The Hall–Kier alpha value is -0.880. The van der Waals surface area contributed by atoms with E-state index in [0.29, 0.717) is 6.54 Å². The van der Waals surface area contributed by atoms with E-state index in [1.807, 2.05) is 24.4 Å². The monoisotopic (exact) mass is 345 g/mol. The maximum Gasteiger partial charge on any atom is 0.148 e. The van der Waals surface area contributed by atoms with Crippen LogP contribution in [0.4, 0.5) is 0 Å². The Balaban J connectivity index is 2.19. The summed E-state index contributed by atoms with van der Waals surface area (Å²) in [7, 11) is 1.65. The number of halogens is 2. The average molecular weight is 347 g/mol. The van der Waals surface area contributed by atoms with Crippen LogP contribution in [0, 0.1) is 0 Å². The quantitative estimate of drug-likeness (QED) is 0.857. The van der Waals surface area contributed by atoms with Crippen molar-refractivity contribution < 1.29 is 4.74 Å². The molecule has 0 spiro atoms. The van der Waals surface area contributed by atoms with E-state index < -0.39 is 0 Å². The molecule has 0 unspecified atom stereocenters. The summed E-state index contributed by atoms with van der Waals surface area (Å²) in [5.74, 6) is 0.823. The van der Waals surface area contributed by atoms with Gasteiger partial charge in [-0.25, -0.2) is 4.68 Å². The van der Waals surface area contributed by atoms with E-state index in [4.69, 9.17) is 4.74 Å². The summed E-state index contributed by atoms with van der Waals surface area (Å²) < 4.78 is 8.60. The maximum atomic E-state index is 5.17. The minimum atomic E-state index is 0.682. The van der Waals surface area contributed by atoms with Crippen LogP contribution in [-0.2, 0) is 6.54 Å². The fourth-order valence-corrected chi connectivity index (χ4v) is 2.24. The van der Waals surface area contributed by atoms with Crippen LogP contribution in [0.5, 0.6) is 5.75 Å². The average Bonchev–Trinajstić information content (AvgIpc) is 2.64. The minimum absolute atomic E-state index is 0.682. The molecule has 0 bridgehead atoms. The molecular formula is C10H9Br2N3O. The van der Waals surface area contributed by atoms with Gasteiger partial charge < -0.3 is 4.74 Å². The Labute approximate surface area is 110 Å². The zero-order chi connectivity index (χ0) is 11.5. The molecule has 0 aliphatic heterocycles. The van der Waals surface area contributed by atoms with E-state index >= 15 is 0 Å². The van der Waals surface area contributed by atoms with E-state index in [2.05, 4.69) is 42.2 Å². The molecule has 2 aromatic rings. The summed E-state index contributed by atoms with van der Waals surface area (Å²) in [4.78, 5) is 0. The Morgan fingerprint density at radius 1 is 1.38 bits per heavy atom. The number of aromatic nitrogens is 3. The van der Waals surface area contributed by atoms with E-state index in [0.717, 1.165) is 20.4 Å². The summed E-state index contributed by atoms with van der Waals surface area (Å²) in [6.07, 6.45) is 1.83. The van der Waals surface area contributed by atoms with Crippen molar-refractivity contribution in [2.24, 2.45) is 0 Å². The molecule has 0 radical (unpaired) electrons. The molecule has 0 saturated carbocycles. The van der Waals surface area contributed by atoms with Crippen LogP contribution in [0.2, 0.25) is 0 Å². The standard InChI is InChI=1S/C10H9Br2N3O/c1-16-9-3-2-7(4-8(9)11)5-15-6-10(12)13-14-15/h2-4,6H,5H2,1H3. The first-order valence-corrected chi connectivity index (χ1v) is 6.15. The molecule has 84 valence electrons. The van der Waals surface area contributed by atoms with E-state index in [1.165, 1.54) is 0 Å². The van der Waals surface area contributed by atoms with Crippen molar-refractivity contribution in [1.82, 2.24) is 15.0 Å². The number of hydrogen-bond acceptors (Lipinski definition) is 3. The van der Waals surface area contributed by atoms with E-state index in [1.54, 1.807) is 11.8 Å². The molecule has 0 amide bonds. The molecule has 0 aliphatic rings. The molecule has 2 rings (SSSR count). The van der Waals surface area contributed by atoms with Crippen molar-refractivity contribution in [3.63, 3.8) is 0 Å². The van der Waals surface area contributed by atoms with Gasteiger partial charge in [-0.05, 0) is 49.6 Å². The van der Waals surface area contributed by atoms with Gasteiger partial charge in [0.05, 0.1) is 24.3 Å². The van der Waals surface area contributed by atoms with Crippen molar-refractivity contribution in [3.8, 4) is 5.75 Å². The fourth-order valence-electron chi connectivity index (χ4n) is 1.35. The highest BCUT2D eigenvalue weighted by atomic mass is 79.9. The molecule has 0 N–H and O–H groups in total. The second-order valence-corrected chi connectivity index (χ2v) is 4.87. The van der Waals surface area contributed by atoms with Gasteiger partial charge in [0, 0.05) is 0 Å². The molecule has 0 aliphatic carbocycles. The number of hydrogen-bond donors (Lipinski definition) is 0. The van der Waals surface area contributed by atoms with Crippen molar-refractivity contribution in [2.45, 2.75) is 6.54 Å². The van der Waals surface area contributed by atoms with Gasteiger partial charge in [0.1, 0.15) is 10.4 Å². The lowest BCUT2D eigenvalue weighted by Crippen LogP contribution is -2.00. The second kappa shape index (κ2) is 4.97. The molecule has 6 heteroatoms. The molecule has 0 atom stereocenters. The predicted octanol–water partition coefficient (Wildman–Crippen LogP) is 2.86. The lowest BCUT2D eigenvalue weighted by atomic mass is 10.2. The molecule has 1 aromatic heterocycles. The van der Waals surface area contributed by atoms with Crippen LogP contribution in [0.3, 0.4) is 0 Å². The highest BCUT2D eigenvalue weighted by Crippen LogP contribution is 2.25. The normalized spacial score (nSPS) is 10.4. The number of methoxy groups -OCH3 is 1. The molecule has 0 fully saturated rings. The molecule has 4 nitrogen and oxygen atoms in total. The third kappa shape index (κ3) is 2.62. The van der Waals surface area contributed by atoms with Gasteiger partial charge in [0.2, 0.25) is 0 Å². The van der Waals surface area contributed by atoms with Crippen LogP contribution in [0.1, 0.15) is 5.56 Å². The Morgan fingerprint density at radius 3 is 2.75 bits per heavy atom. The number of rotatable bonds is 3. The number of benzene rings is 1. The molecule has 16 heavy (non-hydrogen) atoms. The molecular weight excluding hydrogens is 338 g/mol.